The standard InChI is InChI=1S/C17H20GeO2/c1-14-13-15(2)20-18(19-14,16-9-5-3-6-10-16)17-11-7-4-8-12-17/h3-12,14-15H,13H2,1-2H3. The van der Waals surface area contributed by atoms with Crippen LogP contribution in [0.2, 0.25) is 0 Å². The van der Waals surface area contributed by atoms with Crippen molar-refractivity contribution in [3.8, 4) is 0 Å². The quantitative estimate of drug-likeness (QED) is 0.788. The van der Waals surface area contributed by atoms with Gasteiger partial charge in [0.15, 0.2) is 0 Å². The molecule has 0 saturated carbocycles. The van der Waals surface area contributed by atoms with Crippen molar-refractivity contribution in [1.29, 1.82) is 0 Å². The van der Waals surface area contributed by atoms with Gasteiger partial charge in [0.25, 0.3) is 0 Å². The van der Waals surface area contributed by atoms with Crippen LogP contribution in [0.3, 0.4) is 0 Å². The van der Waals surface area contributed by atoms with Crippen LogP contribution in [0.4, 0.5) is 0 Å². The minimum atomic E-state index is -3.18. The SMILES string of the molecule is CC1CC(C)[O][Ge]([c]2ccccc2)([c]2ccccc2)[O]1. The van der Waals surface area contributed by atoms with Crippen molar-refractivity contribution < 1.29 is 7.53 Å². The second kappa shape index (κ2) is 5.72. The van der Waals surface area contributed by atoms with E-state index in [1.54, 1.807) is 0 Å². The van der Waals surface area contributed by atoms with Crippen LogP contribution in [0, 0.1) is 0 Å². The van der Waals surface area contributed by atoms with Crippen molar-refractivity contribution in [3.63, 3.8) is 0 Å². The van der Waals surface area contributed by atoms with Gasteiger partial charge in [0.1, 0.15) is 0 Å². The van der Waals surface area contributed by atoms with Crippen LogP contribution in [0.15, 0.2) is 60.7 Å². The molecule has 2 atom stereocenters. The van der Waals surface area contributed by atoms with Crippen LogP contribution in [-0.2, 0) is 7.53 Å². The minimum absolute atomic E-state index is 0.249. The summed E-state index contributed by atoms with van der Waals surface area (Å²) in [6.07, 6.45) is 1.46. The summed E-state index contributed by atoms with van der Waals surface area (Å²) in [5.41, 5.74) is 0. The summed E-state index contributed by atoms with van der Waals surface area (Å²) in [6.45, 7) is 4.32. The van der Waals surface area contributed by atoms with Crippen LogP contribution in [0.25, 0.3) is 0 Å². The molecule has 0 aromatic heterocycles. The fraction of sp³-hybridized carbons (Fsp3) is 0.294. The third-order valence-corrected chi connectivity index (χ3v) is 11.4. The van der Waals surface area contributed by atoms with Crippen molar-refractivity contribution in [2.45, 2.75) is 32.5 Å². The molecule has 2 aromatic rings. The third kappa shape index (κ3) is 2.56. The fourth-order valence-corrected chi connectivity index (χ4v) is 10.3. The molecule has 1 aliphatic heterocycles. The second-order valence-corrected chi connectivity index (χ2v) is 11.4. The molecule has 0 spiro atoms. The molecule has 1 aliphatic rings. The monoisotopic (exact) mass is 330 g/mol. The van der Waals surface area contributed by atoms with Crippen LogP contribution in [0.5, 0.6) is 0 Å². The van der Waals surface area contributed by atoms with E-state index in [9.17, 15) is 0 Å². The third-order valence-electron chi connectivity index (χ3n) is 3.71. The van der Waals surface area contributed by atoms with Crippen molar-refractivity contribution in [1.82, 2.24) is 0 Å². The van der Waals surface area contributed by atoms with Crippen LogP contribution in [-0.4, -0.2) is 26.1 Å². The number of rotatable bonds is 2. The molecule has 2 unspecified atom stereocenters. The average molecular weight is 329 g/mol. The van der Waals surface area contributed by atoms with E-state index in [1.165, 1.54) is 8.79 Å². The summed E-state index contributed by atoms with van der Waals surface area (Å²) in [5, 5.41) is 0. The van der Waals surface area contributed by atoms with Crippen molar-refractivity contribution >= 4 is 22.7 Å². The molecule has 2 aromatic carbocycles. The number of benzene rings is 2. The molecule has 104 valence electrons. The van der Waals surface area contributed by atoms with E-state index in [0.717, 1.165) is 6.42 Å². The molecule has 2 nitrogen and oxygen atoms in total. The van der Waals surface area contributed by atoms with E-state index in [-0.39, 0.29) is 12.2 Å². The van der Waals surface area contributed by atoms with E-state index in [4.69, 9.17) is 7.53 Å². The summed E-state index contributed by atoms with van der Waals surface area (Å²) in [7, 11) is 0. The van der Waals surface area contributed by atoms with Gasteiger partial charge in [0.2, 0.25) is 0 Å². The summed E-state index contributed by atoms with van der Waals surface area (Å²) >= 11 is -3.18. The van der Waals surface area contributed by atoms with Crippen molar-refractivity contribution in [2.75, 3.05) is 0 Å². The molecule has 0 N–H and O–H groups in total. The molecule has 0 radical (unpaired) electrons. The summed E-state index contributed by atoms with van der Waals surface area (Å²) in [5.74, 6) is 0. The van der Waals surface area contributed by atoms with Gasteiger partial charge in [-0.25, -0.2) is 0 Å². The van der Waals surface area contributed by atoms with E-state index in [1.807, 2.05) is 12.1 Å². The summed E-state index contributed by atoms with van der Waals surface area (Å²) in [4.78, 5) is 0. The molecule has 1 heterocycles. The fourth-order valence-electron chi connectivity index (χ4n) is 2.91. The Morgan fingerprint density at radius 2 is 1.15 bits per heavy atom. The average Bonchev–Trinajstić information content (AvgIpc) is 2.48. The zero-order chi connectivity index (χ0) is 14.0. The van der Waals surface area contributed by atoms with Crippen LogP contribution >= 0.6 is 0 Å². The van der Waals surface area contributed by atoms with Crippen LogP contribution < -0.4 is 8.79 Å². The molecular weight excluding hydrogens is 309 g/mol. The van der Waals surface area contributed by atoms with Gasteiger partial charge in [-0.1, -0.05) is 0 Å². The second-order valence-electron chi connectivity index (χ2n) is 5.44. The molecule has 0 aliphatic carbocycles. The predicted octanol–water partition coefficient (Wildman–Crippen LogP) is 2.46. The van der Waals surface area contributed by atoms with Gasteiger partial charge in [-0.2, -0.15) is 0 Å². The van der Waals surface area contributed by atoms with Gasteiger partial charge < -0.3 is 0 Å². The van der Waals surface area contributed by atoms with Gasteiger partial charge in [-0.3, -0.25) is 0 Å². The Balaban J connectivity index is 2.13. The molecule has 0 amide bonds. The van der Waals surface area contributed by atoms with Gasteiger partial charge >= 0.3 is 123 Å². The Bertz CT molecular complexity index is 504. The Labute approximate surface area is 123 Å². The molecule has 1 fully saturated rings. The molecule has 0 bridgehead atoms. The van der Waals surface area contributed by atoms with E-state index < -0.39 is 13.9 Å². The van der Waals surface area contributed by atoms with Gasteiger partial charge in [-0.15, -0.1) is 0 Å². The van der Waals surface area contributed by atoms with Crippen molar-refractivity contribution in [3.05, 3.63) is 60.7 Å². The first-order valence-electron chi connectivity index (χ1n) is 7.17. The zero-order valence-electron chi connectivity index (χ0n) is 12.0. The first-order chi connectivity index (χ1) is 9.71. The predicted molar refractivity (Wildman–Crippen MR) is 83.6 cm³/mol. The molecule has 1 saturated heterocycles. The molecular formula is C17H20GeO2. The van der Waals surface area contributed by atoms with Crippen LogP contribution in [0.1, 0.15) is 20.3 Å². The number of hydrogen-bond donors (Lipinski definition) is 0. The topological polar surface area (TPSA) is 18.5 Å². The van der Waals surface area contributed by atoms with E-state index >= 15 is 0 Å². The Hall–Kier alpha value is -1.10. The Kier molecular flexibility index (Phi) is 3.97. The molecule has 3 heteroatoms. The molecule has 3 rings (SSSR count). The number of hydrogen-bond acceptors (Lipinski definition) is 2. The first kappa shape index (κ1) is 13.9. The van der Waals surface area contributed by atoms with Crippen molar-refractivity contribution in [2.24, 2.45) is 0 Å². The maximum absolute atomic E-state index is 6.48. The van der Waals surface area contributed by atoms with Gasteiger partial charge in [-0.05, 0) is 0 Å². The zero-order valence-corrected chi connectivity index (χ0v) is 14.0. The Morgan fingerprint density at radius 1 is 0.750 bits per heavy atom. The van der Waals surface area contributed by atoms with E-state index in [2.05, 4.69) is 62.4 Å². The maximum atomic E-state index is 6.48. The Morgan fingerprint density at radius 3 is 1.55 bits per heavy atom. The summed E-state index contributed by atoms with van der Waals surface area (Å²) < 4.78 is 15.4. The molecule has 20 heavy (non-hydrogen) atoms. The van der Waals surface area contributed by atoms with Gasteiger partial charge in [0, 0.05) is 0 Å². The summed E-state index contributed by atoms with van der Waals surface area (Å²) in [6, 6.07) is 21.0. The first-order valence-corrected chi connectivity index (χ1v) is 11.0. The normalized spacial score (nSPS) is 25.3. The van der Waals surface area contributed by atoms with E-state index in [0.29, 0.717) is 0 Å². The van der Waals surface area contributed by atoms with Gasteiger partial charge in [0.05, 0.1) is 0 Å².